The molecule has 0 bridgehead atoms. The summed E-state index contributed by atoms with van der Waals surface area (Å²) in [6.07, 6.45) is 4.32. The van der Waals surface area contributed by atoms with Gasteiger partial charge in [-0.05, 0) is 31.0 Å². The molecule has 14 heteroatoms. The molecule has 3 heterocycles. The number of carbonyl (C=O) groups excluding carboxylic acids is 2. The third-order valence-electron chi connectivity index (χ3n) is 6.05. The van der Waals surface area contributed by atoms with E-state index in [1.54, 1.807) is 29.8 Å². The molecule has 35 heavy (non-hydrogen) atoms. The lowest BCUT2D eigenvalue weighted by atomic mass is 9.84. The quantitative estimate of drug-likeness (QED) is 0.417. The maximum atomic E-state index is 13.3. The van der Waals surface area contributed by atoms with Crippen molar-refractivity contribution in [2.24, 2.45) is 12.8 Å². The molecule has 1 fully saturated rings. The van der Waals surface area contributed by atoms with Crippen molar-refractivity contribution < 1.29 is 18.0 Å². The Kier molecular flexibility index (Phi) is 6.91. The van der Waals surface area contributed by atoms with Crippen LogP contribution in [0.25, 0.3) is 10.9 Å². The van der Waals surface area contributed by atoms with Crippen LogP contribution in [-0.2, 0) is 22.1 Å². The summed E-state index contributed by atoms with van der Waals surface area (Å²) in [7, 11) is -2.19. The van der Waals surface area contributed by atoms with Crippen molar-refractivity contribution in [3.8, 4) is 0 Å². The zero-order valence-electron chi connectivity index (χ0n) is 18.7. The van der Waals surface area contributed by atoms with Crippen LogP contribution in [0.2, 0.25) is 10.0 Å². The Morgan fingerprint density at radius 1 is 1.20 bits per heavy atom. The fourth-order valence-electron chi connectivity index (χ4n) is 4.25. The van der Waals surface area contributed by atoms with Crippen molar-refractivity contribution in [3.05, 3.63) is 52.5 Å². The molecule has 0 aliphatic carbocycles. The van der Waals surface area contributed by atoms with Gasteiger partial charge >= 0.3 is 10.2 Å². The number of primary amides is 1. The molecule has 4 rings (SSSR count). The van der Waals surface area contributed by atoms with Crippen LogP contribution in [0, 0.1) is 0 Å². The van der Waals surface area contributed by atoms with Crippen LogP contribution in [-0.4, -0.2) is 57.7 Å². The molecule has 0 saturated carbocycles. The number of nitrogens with zero attached hydrogens (tertiary/aromatic N) is 4. The lowest BCUT2D eigenvalue weighted by Crippen LogP contribution is -2.58. The van der Waals surface area contributed by atoms with Crippen molar-refractivity contribution in [3.63, 3.8) is 0 Å². The average molecular weight is 540 g/mol. The zero-order valence-corrected chi connectivity index (χ0v) is 21.0. The topological polar surface area (TPSA) is 152 Å². The number of benzene rings is 1. The maximum absolute atomic E-state index is 13.3. The zero-order chi connectivity index (χ0) is 25.4. The Bertz CT molecular complexity index is 1390. The van der Waals surface area contributed by atoms with E-state index in [2.05, 4.69) is 20.0 Å². The number of aryl methyl sites for hydroxylation is 1. The molecule has 0 unspecified atom stereocenters. The van der Waals surface area contributed by atoms with Crippen LogP contribution in [0.3, 0.4) is 0 Å². The van der Waals surface area contributed by atoms with Gasteiger partial charge in [0, 0.05) is 49.9 Å². The molecule has 1 aliphatic heterocycles. The van der Waals surface area contributed by atoms with E-state index in [-0.39, 0.29) is 38.2 Å². The van der Waals surface area contributed by atoms with Gasteiger partial charge in [-0.15, -0.1) is 0 Å². The lowest BCUT2D eigenvalue weighted by Gasteiger charge is -2.41. The number of anilines is 1. The summed E-state index contributed by atoms with van der Waals surface area (Å²) in [5.74, 6) is -0.957. The molecule has 0 radical (unpaired) electrons. The molecule has 186 valence electrons. The van der Waals surface area contributed by atoms with E-state index in [0.29, 0.717) is 26.6 Å². The molecule has 0 spiro atoms. The molecular weight excluding hydrogens is 517 g/mol. The fourth-order valence-corrected chi connectivity index (χ4v) is 5.80. The Morgan fingerprint density at radius 2 is 1.91 bits per heavy atom. The maximum Gasteiger partial charge on any atom is 0.302 e. The van der Waals surface area contributed by atoms with E-state index in [4.69, 9.17) is 28.9 Å². The Morgan fingerprint density at radius 3 is 2.54 bits per heavy atom. The van der Waals surface area contributed by atoms with Gasteiger partial charge in [0.2, 0.25) is 5.91 Å². The van der Waals surface area contributed by atoms with Crippen molar-refractivity contribution in [2.45, 2.75) is 24.8 Å². The van der Waals surface area contributed by atoms with Crippen molar-refractivity contribution in [2.75, 3.05) is 17.8 Å². The van der Waals surface area contributed by atoms with Gasteiger partial charge in [0.25, 0.3) is 5.91 Å². The highest BCUT2D eigenvalue weighted by molar-refractivity contribution is 7.90. The fraction of sp³-hybridized carbons (Fsp3) is 0.333. The number of rotatable bonds is 7. The largest absolute Gasteiger partial charge is 0.370 e. The first-order chi connectivity index (χ1) is 16.5. The van der Waals surface area contributed by atoms with Crippen LogP contribution in [0.1, 0.15) is 29.8 Å². The van der Waals surface area contributed by atoms with Crippen LogP contribution < -0.4 is 15.8 Å². The van der Waals surface area contributed by atoms with Crippen molar-refractivity contribution >= 4 is 61.9 Å². The highest BCUT2D eigenvalue weighted by Gasteiger charge is 2.41. The first-order valence-electron chi connectivity index (χ1n) is 10.6. The average Bonchev–Trinajstić information content (AvgIpc) is 3.13. The highest BCUT2D eigenvalue weighted by atomic mass is 35.5. The molecule has 4 N–H and O–H groups in total. The van der Waals surface area contributed by atoms with Gasteiger partial charge in [-0.1, -0.05) is 23.2 Å². The number of halogens is 2. The normalized spacial score (nSPS) is 16.2. The third-order valence-corrected chi connectivity index (χ3v) is 8.38. The number of carbonyl (C=O) groups is 2. The second-order valence-electron chi connectivity index (χ2n) is 8.36. The number of fused-ring (bicyclic) bond motifs is 1. The number of nitrogens with one attached hydrogen (secondary N) is 2. The molecule has 2 amide bonds. The molecule has 1 aromatic carbocycles. The van der Waals surface area contributed by atoms with Gasteiger partial charge in [-0.2, -0.15) is 12.7 Å². The molecule has 1 saturated heterocycles. The van der Waals surface area contributed by atoms with Gasteiger partial charge in [-0.25, -0.2) is 4.98 Å². The summed E-state index contributed by atoms with van der Waals surface area (Å²) in [4.78, 5) is 32.9. The Labute approximate surface area is 211 Å². The summed E-state index contributed by atoms with van der Waals surface area (Å²) in [6, 6.07) is 5.03. The van der Waals surface area contributed by atoms with Crippen LogP contribution in [0.4, 0.5) is 5.82 Å². The summed E-state index contributed by atoms with van der Waals surface area (Å²) in [6.45, 7) is 0.111. The van der Waals surface area contributed by atoms with Crippen molar-refractivity contribution in [1.29, 1.82) is 0 Å². The van der Waals surface area contributed by atoms with E-state index < -0.39 is 27.6 Å². The number of hydrogen-bond donors (Lipinski definition) is 3. The third kappa shape index (κ3) is 5.20. The van der Waals surface area contributed by atoms with Gasteiger partial charge in [0.05, 0.1) is 21.8 Å². The predicted molar refractivity (Wildman–Crippen MR) is 132 cm³/mol. The second kappa shape index (κ2) is 9.61. The first-order valence-corrected chi connectivity index (χ1v) is 12.8. The standard InChI is InChI=1S/C21H23Cl2N7O4S/c1-29-15-3-2-14(22)19(23)13(15)10-16(29)20(32)27-21(11-17(24)31)4-8-30(9-5-21)35(33,34)28-18-12-25-6-7-26-18/h2-3,6-7,10,12H,4-5,8-9,11H2,1H3,(H2,24,31)(H,26,28)(H,27,32). The van der Waals surface area contributed by atoms with E-state index >= 15 is 0 Å². The summed E-state index contributed by atoms with van der Waals surface area (Å²) in [5, 5.41) is 4.25. The molecule has 11 nitrogen and oxygen atoms in total. The van der Waals surface area contributed by atoms with E-state index in [1.165, 1.54) is 22.9 Å². The number of piperidine rings is 1. The van der Waals surface area contributed by atoms with Gasteiger partial charge in [0.15, 0.2) is 5.82 Å². The Balaban J connectivity index is 1.54. The van der Waals surface area contributed by atoms with Crippen LogP contribution in [0.15, 0.2) is 36.8 Å². The number of hydrogen-bond acceptors (Lipinski definition) is 6. The van der Waals surface area contributed by atoms with Gasteiger partial charge in [-0.3, -0.25) is 19.3 Å². The highest BCUT2D eigenvalue weighted by Crippen LogP contribution is 2.33. The van der Waals surface area contributed by atoms with Crippen molar-refractivity contribution in [1.82, 2.24) is 24.2 Å². The lowest BCUT2D eigenvalue weighted by molar-refractivity contribution is -0.119. The molecule has 0 atom stereocenters. The molecule has 1 aliphatic rings. The number of nitrogens with two attached hydrogens (primary N) is 1. The van der Waals surface area contributed by atoms with Gasteiger partial charge < -0.3 is 15.6 Å². The minimum absolute atomic E-state index is 0.0553. The minimum atomic E-state index is -3.91. The Hall–Kier alpha value is -2.93. The monoisotopic (exact) mass is 539 g/mol. The van der Waals surface area contributed by atoms with E-state index in [1.807, 2.05) is 0 Å². The molecular formula is C21H23Cl2N7O4S. The van der Waals surface area contributed by atoms with Crippen LogP contribution >= 0.6 is 23.2 Å². The second-order valence-corrected chi connectivity index (χ2v) is 10.8. The van der Waals surface area contributed by atoms with E-state index in [0.717, 1.165) is 0 Å². The summed E-state index contributed by atoms with van der Waals surface area (Å²) >= 11 is 12.4. The number of aromatic nitrogens is 3. The molecule has 3 aromatic rings. The van der Waals surface area contributed by atoms with E-state index in [9.17, 15) is 18.0 Å². The smallest absolute Gasteiger partial charge is 0.302 e. The summed E-state index contributed by atoms with van der Waals surface area (Å²) < 4.78 is 30.8. The van der Waals surface area contributed by atoms with Crippen LogP contribution in [0.5, 0.6) is 0 Å². The van der Waals surface area contributed by atoms with Gasteiger partial charge in [0.1, 0.15) is 5.69 Å². The predicted octanol–water partition coefficient (Wildman–Crippen LogP) is 2.07. The SMILES string of the molecule is Cn1c(C(=O)NC2(CC(N)=O)CCN(S(=O)(=O)Nc3cnccn3)CC2)cc2c(Cl)c(Cl)ccc21. The number of amides is 2. The first kappa shape index (κ1) is 25.2. The minimum Gasteiger partial charge on any atom is -0.370 e. The molecule has 2 aromatic heterocycles. The summed E-state index contributed by atoms with van der Waals surface area (Å²) in [5.41, 5.74) is 5.50.